The zero-order valence-corrected chi connectivity index (χ0v) is 22.9. The number of likely N-dealkylation sites (N-methyl/N-ethyl adjacent to an activating group) is 1. The third-order valence-electron chi connectivity index (χ3n) is 7.69. The number of hydrogen-bond donors (Lipinski definition) is 2. The van der Waals surface area contributed by atoms with Crippen molar-refractivity contribution < 1.29 is 28.0 Å². The lowest BCUT2D eigenvalue weighted by atomic mass is 9.88. The van der Waals surface area contributed by atoms with Crippen molar-refractivity contribution in [1.29, 1.82) is 0 Å². The van der Waals surface area contributed by atoms with Gasteiger partial charge in [0.05, 0.1) is 0 Å². The summed E-state index contributed by atoms with van der Waals surface area (Å²) in [5.74, 6) is -0.0461. The summed E-state index contributed by atoms with van der Waals surface area (Å²) >= 11 is 0. The van der Waals surface area contributed by atoms with Crippen LogP contribution in [0.25, 0.3) is 11.1 Å². The van der Waals surface area contributed by atoms with Gasteiger partial charge in [0.15, 0.2) is 5.82 Å². The number of nitrogens with one attached hydrogen (secondary N) is 2. The minimum Gasteiger partial charge on any atom is -0.484 e. The summed E-state index contributed by atoms with van der Waals surface area (Å²) in [5, 5.41) is 9.73. The van der Waals surface area contributed by atoms with Crippen LogP contribution in [0.3, 0.4) is 0 Å². The van der Waals surface area contributed by atoms with E-state index in [9.17, 15) is 14.0 Å². The minimum absolute atomic E-state index is 0.204. The number of nitrogens with zero attached hydrogens (tertiary/aromatic N) is 2. The van der Waals surface area contributed by atoms with Gasteiger partial charge in [-0.1, -0.05) is 29.4 Å². The number of aromatic nitrogens is 2. The molecule has 3 aromatic carbocycles. The van der Waals surface area contributed by atoms with Crippen LogP contribution in [0.1, 0.15) is 63.6 Å². The summed E-state index contributed by atoms with van der Waals surface area (Å²) in [6, 6.07) is 17.2. The average Bonchev–Trinajstić information content (AvgIpc) is 3.42. The number of amides is 2. The molecule has 2 atom stereocenters. The zero-order chi connectivity index (χ0) is 28.7. The van der Waals surface area contributed by atoms with Crippen LogP contribution in [-0.2, 0) is 21.7 Å². The molecule has 0 spiro atoms. The number of methoxy groups -OCH3 is 1. The van der Waals surface area contributed by atoms with Gasteiger partial charge in [-0.15, -0.1) is 0 Å². The number of carbonyl (C=O) groups excluding carboxylic acids is 2. The largest absolute Gasteiger partial charge is 0.484 e. The van der Waals surface area contributed by atoms with E-state index >= 15 is 0 Å². The van der Waals surface area contributed by atoms with Gasteiger partial charge in [-0.2, -0.15) is 4.98 Å². The van der Waals surface area contributed by atoms with Crippen LogP contribution in [0.2, 0.25) is 0 Å². The van der Waals surface area contributed by atoms with Gasteiger partial charge < -0.3 is 24.6 Å². The third kappa shape index (κ3) is 4.95. The summed E-state index contributed by atoms with van der Waals surface area (Å²) in [7, 11) is 3.13. The van der Waals surface area contributed by atoms with Gasteiger partial charge in [-0.05, 0) is 78.4 Å². The smallest absolute Gasteiger partial charge is 0.252 e. The maximum atomic E-state index is 13.6. The Hall–Kier alpha value is -4.57. The average molecular weight is 557 g/mol. The van der Waals surface area contributed by atoms with Crippen LogP contribution in [0.4, 0.5) is 4.39 Å². The number of halogens is 1. The quantitative estimate of drug-likeness (QED) is 0.323. The monoisotopic (exact) mass is 556 g/mol. The lowest BCUT2D eigenvalue weighted by Crippen LogP contribution is -2.35. The standard InChI is InChI=1S/C31H29FN4O5/c1-17-4-5-20(28(37)35-31(12-13-31)30-34-25(16-39-3)36-41-30)15-22(17)19-8-11-24-23(14-19)26(29(38)33-2)27(40-24)18-6-9-21(32)10-7-18/h4-11,14-15,26-27H,12-13,16H2,1-3H3,(H,33,38)(H,35,37). The number of carbonyl (C=O) groups is 2. The first-order chi connectivity index (χ1) is 19.8. The SMILES string of the molecule is CNC(=O)C1c2cc(-c3cc(C(=O)NC4(c5nc(COC)no5)CC4)ccc3C)ccc2OC1c1ccc(F)cc1. The summed E-state index contributed by atoms with van der Waals surface area (Å²) in [6.45, 7) is 2.20. The van der Waals surface area contributed by atoms with Gasteiger partial charge >= 0.3 is 0 Å². The Bertz CT molecular complexity index is 1630. The molecule has 1 aromatic heterocycles. The molecule has 2 amide bonds. The first-order valence-electron chi connectivity index (χ1n) is 13.3. The van der Waals surface area contributed by atoms with Gasteiger partial charge in [0.25, 0.3) is 11.8 Å². The molecule has 6 rings (SSSR count). The highest BCUT2D eigenvalue weighted by molar-refractivity contribution is 5.96. The molecule has 2 unspecified atom stereocenters. The zero-order valence-electron chi connectivity index (χ0n) is 22.9. The van der Waals surface area contributed by atoms with Gasteiger partial charge in [0.2, 0.25) is 5.91 Å². The Morgan fingerprint density at radius 3 is 2.59 bits per heavy atom. The van der Waals surface area contributed by atoms with Crippen molar-refractivity contribution in [3.05, 3.63) is 100 Å². The second kappa shape index (κ2) is 10.4. The predicted octanol–water partition coefficient (Wildman–Crippen LogP) is 4.71. The Morgan fingerprint density at radius 1 is 1.10 bits per heavy atom. The van der Waals surface area contributed by atoms with Crippen LogP contribution in [0, 0.1) is 12.7 Å². The fourth-order valence-electron chi connectivity index (χ4n) is 5.30. The highest BCUT2D eigenvalue weighted by atomic mass is 19.1. The van der Waals surface area contributed by atoms with Crippen molar-refractivity contribution in [2.75, 3.05) is 14.2 Å². The summed E-state index contributed by atoms with van der Waals surface area (Å²) in [6.07, 6.45) is 0.808. The third-order valence-corrected chi connectivity index (χ3v) is 7.69. The molecule has 41 heavy (non-hydrogen) atoms. The van der Waals surface area contributed by atoms with Crippen LogP contribution in [-0.4, -0.2) is 36.1 Å². The summed E-state index contributed by atoms with van der Waals surface area (Å²) in [4.78, 5) is 30.8. The Balaban J connectivity index is 1.29. The summed E-state index contributed by atoms with van der Waals surface area (Å²) < 4.78 is 30.2. The number of ether oxygens (including phenoxy) is 2. The van der Waals surface area contributed by atoms with Crippen LogP contribution in [0.5, 0.6) is 5.75 Å². The molecule has 1 aliphatic carbocycles. The highest BCUT2D eigenvalue weighted by Crippen LogP contribution is 2.48. The normalized spacial score (nSPS) is 18.3. The van der Waals surface area contributed by atoms with E-state index < -0.39 is 17.6 Å². The van der Waals surface area contributed by atoms with E-state index in [1.807, 2.05) is 37.3 Å². The van der Waals surface area contributed by atoms with Crippen LogP contribution in [0.15, 0.2) is 65.2 Å². The Labute approximate surface area is 236 Å². The molecule has 0 bridgehead atoms. The maximum Gasteiger partial charge on any atom is 0.252 e. The lowest BCUT2D eigenvalue weighted by Gasteiger charge is -2.18. The van der Waals surface area contributed by atoms with E-state index in [1.165, 1.54) is 12.1 Å². The second-order valence-corrected chi connectivity index (χ2v) is 10.4. The van der Waals surface area contributed by atoms with E-state index in [2.05, 4.69) is 20.8 Å². The van der Waals surface area contributed by atoms with Crippen molar-refractivity contribution in [1.82, 2.24) is 20.8 Å². The highest BCUT2D eigenvalue weighted by Gasteiger charge is 2.51. The summed E-state index contributed by atoms with van der Waals surface area (Å²) in [5.41, 5.74) is 3.90. The van der Waals surface area contributed by atoms with Crippen molar-refractivity contribution in [2.24, 2.45) is 0 Å². The maximum absolute atomic E-state index is 13.6. The van der Waals surface area contributed by atoms with E-state index in [-0.39, 0.29) is 24.2 Å². The number of rotatable bonds is 8. The molecule has 1 fully saturated rings. The van der Waals surface area contributed by atoms with Crippen LogP contribution >= 0.6 is 0 Å². The molecule has 0 saturated heterocycles. The first kappa shape index (κ1) is 26.6. The Morgan fingerprint density at radius 2 is 1.88 bits per heavy atom. The number of aryl methyl sites for hydroxylation is 1. The molecule has 10 heteroatoms. The molecular weight excluding hydrogens is 527 g/mol. The Kier molecular flexibility index (Phi) is 6.78. The molecule has 2 aliphatic rings. The minimum atomic E-state index is -0.678. The van der Waals surface area contributed by atoms with Gasteiger partial charge in [-0.25, -0.2) is 4.39 Å². The van der Waals surface area contributed by atoms with Gasteiger partial charge in [0, 0.05) is 25.3 Å². The van der Waals surface area contributed by atoms with Crippen molar-refractivity contribution in [3.63, 3.8) is 0 Å². The molecule has 9 nitrogen and oxygen atoms in total. The van der Waals surface area contributed by atoms with Gasteiger partial charge in [0.1, 0.15) is 35.7 Å². The van der Waals surface area contributed by atoms with Crippen molar-refractivity contribution in [3.8, 4) is 16.9 Å². The molecule has 1 aliphatic heterocycles. The van der Waals surface area contributed by atoms with Crippen LogP contribution < -0.4 is 15.4 Å². The molecule has 2 heterocycles. The topological polar surface area (TPSA) is 116 Å². The molecule has 2 N–H and O–H groups in total. The second-order valence-electron chi connectivity index (χ2n) is 10.4. The van der Waals surface area contributed by atoms with Gasteiger partial charge in [-0.3, -0.25) is 9.59 Å². The van der Waals surface area contributed by atoms with E-state index in [0.717, 1.165) is 22.3 Å². The molecule has 0 radical (unpaired) electrons. The van der Waals surface area contributed by atoms with E-state index in [0.29, 0.717) is 41.4 Å². The molecular formula is C31H29FN4O5. The van der Waals surface area contributed by atoms with E-state index in [4.69, 9.17) is 14.0 Å². The fourth-order valence-corrected chi connectivity index (χ4v) is 5.30. The molecule has 210 valence electrons. The number of fused-ring (bicyclic) bond motifs is 1. The predicted molar refractivity (Wildman–Crippen MR) is 147 cm³/mol. The van der Waals surface area contributed by atoms with Crippen molar-refractivity contribution >= 4 is 11.8 Å². The van der Waals surface area contributed by atoms with E-state index in [1.54, 1.807) is 32.4 Å². The van der Waals surface area contributed by atoms with Crippen molar-refractivity contribution in [2.45, 2.75) is 43.9 Å². The number of benzene rings is 3. The molecule has 1 saturated carbocycles. The molecule has 4 aromatic rings. The first-order valence-corrected chi connectivity index (χ1v) is 13.3. The fraction of sp³-hybridized carbons (Fsp3) is 0.290. The lowest BCUT2D eigenvalue weighted by molar-refractivity contribution is -0.123. The number of hydrogen-bond acceptors (Lipinski definition) is 7.